The van der Waals surface area contributed by atoms with Crippen LogP contribution in [0.3, 0.4) is 0 Å². The summed E-state index contributed by atoms with van der Waals surface area (Å²) in [5.74, 6) is -0.209. The average Bonchev–Trinajstić information content (AvgIpc) is 3.07. The first-order chi connectivity index (χ1) is 10.1. The van der Waals surface area contributed by atoms with Crippen molar-refractivity contribution >= 4 is 17.5 Å². The van der Waals surface area contributed by atoms with E-state index in [4.69, 9.17) is 4.42 Å². The van der Waals surface area contributed by atoms with E-state index in [9.17, 15) is 14.0 Å². The second-order valence-electron chi connectivity index (χ2n) is 4.87. The van der Waals surface area contributed by atoms with E-state index < -0.39 is 11.9 Å². The largest absolute Gasteiger partial charge is 0.463 e. The molecule has 1 aliphatic heterocycles. The summed E-state index contributed by atoms with van der Waals surface area (Å²) in [5.41, 5.74) is 0.403. The molecule has 1 saturated heterocycles. The van der Waals surface area contributed by atoms with Crippen LogP contribution in [0, 0.1) is 5.82 Å². The Morgan fingerprint density at radius 1 is 1.24 bits per heavy atom. The van der Waals surface area contributed by atoms with Crippen molar-refractivity contribution in [1.82, 2.24) is 0 Å². The van der Waals surface area contributed by atoms with Crippen LogP contribution >= 0.6 is 0 Å². The highest BCUT2D eigenvalue weighted by Gasteiger charge is 2.42. The van der Waals surface area contributed by atoms with Gasteiger partial charge in [-0.2, -0.15) is 0 Å². The molecule has 6 heteroatoms. The maximum atomic E-state index is 12.9. The summed E-state index contributed by atoms with van der Waals surface area (Å²) in [4.78, 5) is 25.4. The van der Waals surface area contributed by atoms with Crippen LogP contribution in [-0.4, -0.2) is 17.9 Å². The maximum Gasteiger partial charge on any atom is 0.292 e. The Morgan fingerprint density at radius 3 is 2.67 bits per heavy atom. The second-order valence-corrected chi connectivity index (χ2v) is 4.87. The van der Waals surface area contributed by atoms with Crippen molar-refractivity contribution in [2.24, 2.45) is 0 Å². The Hall–Kier alpha value is -2.47. The van der Waals surface area contributed by atoms with Crippen LogP contribution in [0.2, 0.25) is 0 Å². The highest BCUT2D eigenvalue weighted by molar-refractivity contribution is 6.21. The monoisotopic (exact) mass is 289 g/mol. The van der Waals surface area contributed by atoms with Gasteiger partial charge in [0.15, 0.2) is 11.8 Å². The first-order valence-electron chi connectivity index (χ1n) is 6.63. The Balaban J connectivity index is 1.71. The minimum atomic E-state index is -0.465. The normalized spacial score (nSPS) is 18.5. The number of furan rings is 1. The number of nitrogens with two attached hydrogens (primary N) is 1. The van der Waals surface area contributed by atoms with E-state index in [-0.39, 0.29) is 18.2 Å². The summed E-state index contributed by atoms with van der Waals surface area (Å²) in [6, 6.07) is 8.45. The SMILES string of the molecule is O=C1C[C@H]([NH2+]Cc2ccco2)C(=O)N1c1ccc(F)cc1. The summed E-state index contributed by atoms with van der Waals surface area (Å²) in [7, 11) is 0. The number of imide groups is 1. The fourth-order valence-electron chi connectivity index (χ4n) is 2.39. The van der Waals surface area contributed by atoms with Crippen molar-refractivity contribution in [3.8, 4) is 0 Å². The van der Waals surface area contributed by atoms with Crippen LogP contribution in [0.15, 0.2) is 47.1 Å². The third-order valence-corrected chi connectivity index (χ3v) is 3.45. The molecule has 1 aromatic carbocycles. The van der Waals surface area contributed by atoms with Crippen molar-refractivity contribution in [2.75, 3.05) is 4.90 Å². The Labute approximate surface area is 120 Å². The van der Waals surface area contributed by atoms with Crippen LogP contribution < -0.4 is 10.2 Å². The topological polar surface area (TPSA) is 67.1 Å². The van der Waals surface area contributed by atoms with Gasteiger partial charge in [0.05, 0.1) is 18.4 Å². The van der Waals surface area contributed by atoms with E-state index in [2.05, 4.69) is 0 Å². The van der Waals surface area contributed by atoms with Gasteiger partial charge in [-0.25, -0.2) is 9.29 Å². The highest BCUT2D eigenvalue weighted by atomic mass is 19.1. The zero-order chi connectivity index (χ0) is 14.8. The highest BCUT2D eigenvalue weighted by Crippen LogP contribution is 2.21. The number of quaternary nitrogens is 1. The van der Waals surface area contributed by atoms with Gasteiger partial charge >= 0.3 is 0 Å². The van der Waals surface area contributed by atoms with E-state index in [0.29, 0.717) is 12.2 Å². The third-order valence-electron chi connectivity index (χ3n) is 3.45. The minimum Gasteiger partial charge on any atom is -0.463 e. The van der Waals surface area contributed by atoms with Gasteiger partial charge in [-0.15, -0.1) is 0 Å². The molecule has 2 aromatic rings. The number of carbonyl (C=O) groups excluding carboxylic acids is 2. The molecule has 3 rings (SSSR count). The number of carbonyl (C=O) groups is 2. The van der Waals surface area contributed by atoms with Gasteiger partial charge in [0.1, 0.15) is 12.4 Å². The molecule has 0 bridgehead atoms. The van der Waals surface area contributed by atoms with Crippen LogP contribution in [0.4, 0.5) is 10.1 Å². The van der Waals surface area contributed by atoms with Crippen molar-refractivity contribution in [1.29, 1.82) is 0 Å². The molecule has 1 atom stereocenters. The summed E-state index contributed by atoms with van der Waals surface area (Å²) in [6.45, 7) is 0.494. The van der Waals surface area contributed by atoms with E-state index >= 15 is 0 Å². The van der Waals surface area contributed by atoms with Gasteiger partial charge in [-0.05, 0) is 36.4 Å². The molecule has 108 valence electrons. The minimum absolute atomic E-state index is 0.136. The lowest BCUT2D eigenvalue weighted by molar-refractivity contribution is -0.691. The standard InChI is InChI=1S/C15H13FN2O3/c16-10-3-5-11(6-4-10)18-14(19)8-13(15(18)20)17-9-12-2-1-7-21-12/h1-7,13,17H,8-9H2/p+1/t13-/m0/s1. The van der Waals surface area contributed by atoms with E-state index in [0.717, 1.165) is 10.7 Å². The maximum absolute atomic E-state index is 12.9. The van der Waals surface area contributed by atoms with Crippen LogP contribution in [0.5, 0.6) is 0 Å². The number of hydrogen-bond donors (Lipinski definition) is 1. The molecule has 0 unspecified atom stereocenters. The number of rotatable bonds is 4. The Kier molecular flexibility index (Phi) is 3.53. The lowest BCUT2D eigenvalue weighted by Gasteiger charge is -2.13. The quantitative estimate of drug-likeness (QED) is 0.847. The Morgan fingerprint density at radius 2 is 2.00 bits per heavy atom. The van der Waals surface area contributed by atoms with E-state index in [1.807, 2.05) is 6.07 Å². The molecule has 0 saturated carbocycles. The molecule has 1 fully saturated rings. The van der Waals surface area contributed by atoms with Crippen LogP contribution in [0.1, 0.15) is 12.2 Å². The van der Waals surface area contributed by atoms with Crippen LogP contribution in [-0.2, 0) is 16.1 Å². The molecule has 21 heavy (non-hydrogen) atoms. The predicted octanol–water partition coefficient (Wildman–Crippen LogP) is 0.814. The molecular weight excluding hydrogens is 275 g/mol. The van der Waals surface area contributed by atoms with Gasteiger partial charge in [0.25, 0.3) is 5.91 Å². The van der Waals surface area contributed by atoms with Crippen molar-refractivity contribution < 1.29 is 23.7 Å². The molecule has 2 amide bonds. The second kappa shape index (κ2) is 5.49. The van der Waals surface area contributed by atoms with Crippen molar-refractivity contribution in [3.05, 3.63) is 54.2 Å². The first-order valence-corrected chi connectivity index (χ1v) is 6.63. The van der Waals surface area contributed by atoms with Gasteiger partial charge in [-0.1, -0.05) is 0 Å². The molecule has 0 aliphatic carbocycles. The van der Waals surface area contributed by atoms with Gasteiger partial charge in [-0.3, -0.25) is 9.59 Å². The van der Waals surface area contributed by atoms with Gasteiger partial charge < -0.3 is 9.73 Å². The smallest absolute Gasteiger partial charge is 0.292 e. The van der Waals surface area contributed by atoms with Gasteiger partial charge in [0, 0.05) is 0 Å². The van der Waals surface area contributed by atoms with Crippen molar-refractivity contribution in [3.63, 3.8) is 0 Å². The summed E-state index contributed by atoms with van der Waals surface area (Å²) < 4.78 is 18.1. The zero-order valence-electron chi connectivity index (χ0n) is 11.2. The van der Waals surface area contributed by atoms with E-state index in [1.54, 1.807) is 17.6 Å². The molecular formula is C15H14FN2O3+. The van der Waals surface area contributed by atoms with E-state index in [1.165, 1.54) is 24.3 Å². The lowest BCUT2D eigenvalue weighted by Crippen LogP contribution is -2.90. The molecule has 2 N–H and O–H groups in total. The number of benzene rings is 1. The molecule has 0 radical (unpaired) electrons. The predicted molar refractivity (Wildman–Crippen MR) is 71.6 cm³/mol. The third kappa shape index (κ3) is 2.71. The lowest BCUT2D eigenvalue weighted by atomic mass is 10.2. The fraction of sp³-hybridized carbons (Fsp3) is 0.200. The van der Waals surface area contributed by atoms with Crippen LogP contribution in [0.25, 0.3) is 0 Å². The molecule has 5 nitrogen and oxygen atoms in total. The summed E-state index contributed by atoms with van der Waals surface area (Å²) >= 11 is 0. The molecule has 0 spiro atoms. The number of nitrogens with zero attached hydrogens (tertiary/aromatic N) is 1. The number of anilines is 1. The number of halogens is 1. The average molecular weight is 289 g/mol. The fourth-order valence-corrected chi connectivity index (χ4v) is 2.39. The molecule has 1 aromatic heterocycles. The first kappa shape index (κ1) is 13.5. The summed E-state index contributed by atoms with van der Waals surface area (Å²) in [6.07, 6.45) is 1.70. The van der Waals surface area contributed by atoms with Gasteiger partial charge in [0.2, 0.25) is 5.91 Å². The number of amides is 2. The van der Waals surface area contributed by atoms with Crippen molar-refractivity contribution in [2.45, 2.75) is 19.0 Å². The summed E-state index contributed by atoms with van der Waals surface area (Å²) in [5, 5.41) is 1.78. The number of hydrogen-bond acceptors (Lipinski definition) is 3. The molecule has 2 heterocycles. The Bertz CT molecular complexity index is 652. The zero-order valence-corrected chi connectivity index (χ0v) is 11.2. The molecule has 1 aliphatic rings.